The summed E-state index contributed by atoms with van der Waals surface area (Å²) in [6.07, 6.45) is 6.15. The summed E-state index contributed by atoms with van der Waals surface area (Å²) < 4.78 is 5.56. The van der Waals surface area contributed by atoms with Crippen molar-refractivity contribution in [3.63, 3.8) is 0 Å². The summed E-state index contributed by atoms with van der Waals surface area (Å²) in [6, 6.07) is -1.84. The Kier molecular flexibility index (Phi) is 7.35. The minimum Gasteiger partial charge on any atom is -0.480 e. The molecule has 4 N–H and O–H groups in total. The first kappa shape index (κ1) is 24.8. The molecule has 34 heavy (non-hydrogen) atoms. The van der Waals surface area contributed by atoms with E-state index in [1.54, 1.807) is 0 Å². The second-order valence-electron chi connectivity index (χ2n) is 10.6. The van der Waals surface area contributed by atoms with Crippen molar-refractivity contribution in [1.82, 2.24) is 15.5 Å². The van der Waals surface area contributed by atoms with Crippen LogP contribution < -0.4 is 10.6 Å². The zero-order chi connectivity index (χ0) is 24.5. The molecule has 6 atom stereocenters. The number of alkyl carbamates (subject to hydrolysis) is 1. The lowest BCUT2D eigenvalue weighted by atomic mass is 10.1. The van der Waals surface area contributed by atoms with E-state index in [1.165, 1.54) is 11.3 Å². The third kappa shape index (κ3) is 5.64. The van der Waals surface area contributed by atoms with Crippen molar-refractivity contribution in [3.8, 4) is 0 Å². The molecule has 1 heterocycles. The molecular formula is C24H37N3O7. The molecular weight excluding hydrogens is 442 g/mol. The predicted octanol–water partition coefficient (Wildman–Crippen LogP) is 1.55. The largest absolute Gasteiger partial charge is 0.480 e. The van der Waals surface area contributed by atoms with E-state index in [9.17, 15) is 29.4 Å². The number of rotatable bonds is 11. The summed E-state index contributed by atoms with van der Waals surface area (Å²) in [6.45, 7) is 2.05. The van der Waals surface area contributed by atoms with Gasteiger partial charge in [-0.25, -0.2) is 9.59 Å². The Morgan fingerprint density at radius 2 is 1.76 bits per heavy atom. The third-order valence-corrected chi connectivity index (χ3v) is 7.80. The Balaban J connectivity index is 1.39. The SMILES string of the molecule is CCCCCC[C@H](NC(=O)O[C@@H]1C[C@@H]2C[C@@H]2C1)C(=O)N1C[C@H](O)C[C@H]1C(=O)NC1(C(=O)O)CC1. The molecule has 3 saturated carbocycles. The Labute approximate surface area is 199 Å². The van der Waals surface area contributed by atoms with Crippen LogP contribution in [0.3, 0.4) is 0 Å². The van der Waals surface area contributed by atoms with Crippen LogP contribution in [-0.4, -0.2) is 75.4 Å². The first-order valence-corrected chi connectivity index (χ1v) is 12.7. The minimum absolute atomic E-state index is 0.0329. The van der Waals surface area contributed by atoms with E-state index < -0.39 is 47.6 Å². The summed E-state index contributed by atoms with van der Waals surface area (Å²) >= 11 is 0. The number of unbranched alkanes of at least 4 members (excludes halogenated alkanes) is 3. The molecule has 3 amide bonds. The van der Waals surface area contributed by atoms with E-state index in [1.807, 2.05) is 0 Å². The number of nitrogens with zero attached hydrogens (tertiary/aromatic N) is 1. The standard InChI is InChI=1S/C24H37N3O7/c1-2-3-4-5-6-18(25-23(33)34-17-10-14-9-15(14)11-17)21(30)27-13-16(28)12-19(27)20(29)26-24(7-8-24)22(31)32/h14-19,28H,2-13H2,1H3,(H,25,33)(H,26,29)(H,31,32)/t14-,15+,16-,17+,18+,19+/m1/s1. The molecule has 4 rings (SSSR count). The fourth-order valence-electron chi connectivity index (χ4n) is 5.46. The smallest absolute Gasteiger partial charge is 0.408 e. The van der Waals surface area contributed by atoms with Crippen molar-refractivity contribution < 1.29 is 34.1 Å². The number of carboxylic acids is 1. The number of carboxylic acid groups (broad SMARTS) is 1. The maximum atomic E-state index is 13.5. The number of amides is 3. The molecule has 0 aromatic heterocycles. The molecule has 0 aromatic carbocycles. The maximum Gasteiger partial charge on any atom is 0.408 e. The molecule has 4 fully saturated rings. The van der Waals surface area contributed by atoms with Crippen LogP contribution in [0.2, 0.25) is 0 Å². The van der Waals surface area contributed by atoms with Gasteiger partial charge in [0.1, 0.15) is 23.7 Å². The van der Waals surface area contributed by atoms with Crippen molar-refractivity contribution in [1.29, 1.82) is 0 Å². The molecule has 4 aliphatic rings. The number of hydrogen-bond acceptors (Lipinski definition) is 6. The monoisotopic (exact) mass is 479 g/mol. The third-order valence-electron chi connectivity index (χ3n) is 7.80. The van der Waals surface area contributed by atoms with Gasteiger partial charge in [0.15, 0.2) is 0 Å². The van der Waals surface area contributed by atoms with Crippen LogP contribution in [0, 0.1) is 11.8 Å². The average molecular weight is 480 g/mol. The number of aliphatic carboxylic acids is 1. The second kappa shape index (κ2) is 10.1. The fourth-order valence-corrected chi connectivity index (χ4v) is 5.46. The lowest BCUT2D eigenvalue weighted by Crippen LogP contribution is -2.56. The number of nitrogens with one attached hydrogen (secondary N) is 2. The zero-order valence-electron chi connectivity index (χ0n) is 19.8. The number of fused-ring (bicyclic) bond motifs is 1. The number of aliphatic hydroxyl groups is 1. The molecule has 10 nitrogen and oxygen atoms in total. The van der Waals surface area contributed by atoms with Gasteiger partial charge in [-0.2, -0.15) is 0 Å². The minimum atomic E-state index is -1.27. The topological polar surface area (TPSA) is 145 Å². The zero-order valence-corrected chi connectivity index (χ0v) is 19.8. The van der Waals surface area contributed by atoms with E-state index in [-0.39, 0.29) is 19.1 Å². The highest BCUT2D eigenvalue weighted by Gasteiger charge is 2.54. The van der Waals surface area contributed by atoms with Crippen molar-refractivity contribution in [3.05, 3.63) is 0 Å². The highest BCUT2D eigenvalue weighted by atomic mass is 16.6. The van der Waals surface area contributed by atoms with Gasteiger partial charge < -0.3 is 30.5 Å². The van der Waals surface area contributed by atoms with Gasteiger partial charge in [0.25, 0.3) is 0 Å². The Morgan fingerprint density at radius 3 is 2.38 bits per heavy atom. The van der Waals surface area contributed by atoms with Crippen molar-refractivity contribution >= 4 is 23.9 Å². The molecule has 190 valence electrons. The number of β-amino-alcohol motifs (C(OH)–C–C–N with tert-alkyl or cyclic N) is 1. The molecule has 10 heteroatoms. The number of aliphatic hydroxyl groups excluding tert-OH is 1. The van der Waals surface area contributed by atoms with Crippen LogP contribution >= 0.6 is 0 Å². The highest BCUT2D eigenvalue weighted by Crippen LogP contribution is 2.52. The van der Waals surface area contributed by atoms with Gasteiger partial charge in [0.05, 0.1) is 6.10 Å². The molecule has 3 aliphatic carbocycles. The molecule has 1 saturated heterocycles. The fraction of sp³-hybridized carbons (Fsp3) is 0.833. The molecule has 0 unspecified atom stereocenters. The Bertz CT molecular complexity index is 804. The quantitative estimate of drug-likeness (QED) is 0.329. The van der Waals surface area contributed by atoms with Crippen LogP contribution in [0.1, 0.15) is 77.6 Å². The molecule has 0 radical (unpaired) electrons. The van der Waals surface area contributed by atoms with Crippen LogP contribution in [0.15, 0.2) is 0 Å². The summed E-state index contributed by atoms with van der Waals surface area (Å²) in [7, 11) is 0. The molecule has 1 aliphatic heterocycles. The number of ether oxygens (including phenoxy) is 1. The first-order chi connectivity index (χ1) is 16.2. The predicted molar refractivity (Wildman–Crippen MR) is 121 cm³/mol. The summed E-state index contributed by atoms with van der Waals surface area (Å²) in [5.74, 6) is -0.799. The van der Waals surface area contributed by atoms with Gasteiger partial charge in [0.2, 0.25) is 11.8 Å². The number of likely N-dealkylation sites (tertiary alicyclic amines) is 1. The van der Waals surface area contributed by atoms with Gasteiger partial charge in [-0.3, -0.25) is 9.59 Å². The van der Waals surface area contributed by atoms with Crippen LogP contribution in [0.25, 0.3) is 0 Å². The van der Waals surface area contributed by atoms with E-state index >= 15 is 0 Å². The summed E-state index contributed by atoms with van der Waals surface area (Å²) in [4.78, 5) is 51.7. The highest BCUT2D eigenvalue weighted by molar-refractivity contribution is 5.95. The lowest BCUT2D eigenvalue weighted by Gasteiger charge is -2.29. The molecule has 0 spiro atoms. The first-order valence-electron chi connectivity index (χ1n) is 12.7. The maximum absolute atomic E-state index is 13.5. The van der Waals surface area contributed by atoms with Gasteiger partial charge in [0, 0.05) is 13.0 Å². The van der Waals surface area contributed by atoms with E-state index in [4.69, 9.17) is 4.74 Å². The number of carbonyl (C=O) groups excluding carboxylic acids is 3. The van der Waals surface area contributed by atoms with Crippen LogP contribution in [0.4, 0.5) is 4.79 Å². The molecule has 0 bridgehead atoms. The number of hydrogen-bond donors (Lipinski definition) is 4. The Morgan fingerprint density at radius 1 is 1.06 bits per heavy atom. The second-order valence-corrected chi connectivity index (χ2v) is 10.6. The van der Waals surface area contributed by atoms with Crippen LogP contribution in [-0.2, 0) is 19.1 Å². The summed E-state index contributed by atoms with van der Waals surface area (Å²) in [5, 5.41) is 24.9. The molecule has 0 aromatic rings. The summed E-state index contributed by atoms with van der Waals surface area (Å²) in [5.41, 5.74) is -1.27. The van der Waals surface area contributed by atoms with E-state index in [0.717, 1.165) is 38.5 Å². The Hall–Kier alpha value is -2.36. The number of carbonyl (C=O) groups is 4. The van der Waals surface area contributed by atoms with Gasteiger partial charge in [-0.1, -0.05) is 32.6 Å². The van der Waals surface area contributed by atoms with E-state index in [0.29, 0.717) is 31.1 Å². The van der Waals surface area contributed by atoms with Gasteiger partial charge in [-0.15, -0.1) is 0 Å². The van der Waals surface area contributed by atoms with Crippen molar-refractivity contribution in [2.45, 2.75) is 107 Å². The van der Waals surface area contributed by atoms with Crippen molar-refractivity contribution in [2.75, 3.05) is 6.54 Å². The van der Waals surface area contributed by atoms with Gasteiger partial charge >= 0.3 is 12.1 Å². The van der Waals surface area contributed by atoms with Crippen LogP contribution in [0.5, 0.6) is 0 Å². The van der Waals surface area contributed by atoms with E-state index in [2.05, 4.69) is 17.6 Å². The van der Waals surface area contributed by atoms with Gasteiger partial charge in [-0.05, 0) is 50.4 Å². The normalized spacial score (nSPS) is 31.4. The van der Waals surface area contributed by atoms with Crippen molar-refractivity contribution in [2.24, 2.45) is 11.8 Å². The average Bonchev–Trinajstić information content (AvgIpc) is 3.65. The lowest BCUT2D eigenvalue weighted by molar-refractivity contribution is -0.145.